The molecule has 1 N–H and O–H groups in total. The van der Waals surface area contributed by atoms with Crippen LogP contribution in [0.25, 0.3) is 0 Å². The fraction of sp³-hybridized carbons (Fsp3) is 0.500. The minimum Gasteiger partial charge on any atom is -0.395 e. The van der Waals surface area contributed by atoms with Gasteiger partial charge in [-0.15, -0.1) is 0 Å². The Morgan fingerprint density at radius 3 is 2.40 bits per heavy atom. The molecule has 0 saturated carbocycles. The van der Waals surface area contributed by atoms with Gasteiger partial charge in [0, 0.05) is 38.8 Å². The van der Waals surface area contributed by atoms with E-state index >= 15 is 0 Å². The van der Waals surface area contributed by atoms with Crippen molar-refractivity contribution in [3.63, 3.8) is 0 Å². The summed E-state index contributed by atoms with van der Waals surface area (Å²) < 4.78 is 27.5. The third-order valence-corrected chi connectivity index (χ3v) is 3.37. The summed E-state index contributed by atoms with van der Waals surface area (Å²) in [6.07, 6.45) is 0. The van der Waals surface area contributed by atoms with Gasteiger partial charge in [0.1, 0.15) is 0 Å². The third-order valence-electron chi connectivity index (χ3n) is 3.37. The zero-order valence-electron chi connectivity index (χ0n) is 10.8. The van der Waals surface area contributed by atoms with E-state index < -0.39 is 22.2 Å². The van der Waals surface area contributed by atoms with Gasteiger partial charge in [0.25, 0.3) is 0 Å². The molecule has 0 aromatic heterocycles. The van der Waals surface area contributed by atoms with Crippen molar-refractivity contribution < 1.29 is 18.8 Å². The maximum absolute atomic E-state index is 13.9. The number of aliphatic hydroxyl groups is 1. The molecule has 20 heavy (non-hydrogen) atoms. The van der Waals surface area contributed by atoms with Crippen molar-refractivity contribution in [1.29, 1.82) is 0 Å². The monoisotopic (exact) mass is 287 g/mol. The number of nitro groups is 1. The lowest BCUT2D eigenvalue weighted by atomic mass is 10.2. The Hall–Kier alpha value is -1.80. The number of hydrogen-bond donors (Lipinski definition) is 1. The molecule has 110 valence electrons. The van der Waals surface area contributed by atoms with Crippen molar-refractivity contribution in [1.82, 2.24) is 4.90 Å². The first-order valence-corrected chi connectivity index (χ1v) is 6.25. The van der Waals surface area contributed by atoms with Crippen LogP contribution < -0.4 is 4.90 Å². The summed E-state index contributed by atoms with van der Waals surface area (Å²) in [5.74, 6) is -2.61. The van der Waals surface area contributed by atoms with E-state index in [2.05, 4.69) is 0 Å². The summed E-state index contributed by atoms with van der Waals surface area (Å²) in [4.78, 5) is 13.2. The SMILES string of the molecule is O=[N+]([O-])c1ccc(N2CCN(CCO)CC2)c(F)c1F. The molecule has 0 bridgehead atoms. The molecule has 0 unspecified atom stereocenters. The number of hydrogen-bond acceptors (Lipinski definition) is 5. The van der Waals surface area contributed by atoms with Crippen molar-refractivity contribution in [2.75, 3.05) is 44.2 Å². The average Bonchev–Trinajstić information content (AvgIpc) is 2.43. The molecular formula is C12H15F2N3O3. The predicted octanol–water partition coefficient (Wildman–Crippen LogP) is 0.987. The number of anilines is 1. The quantitative estimate of drug-likeness (QED) is 0.660. The van der Waals surface area contributed by atoms with E-state index in [9.17, 15) is 18.9 Å². The van der Waals surface area contributed by atoms with Gasteiger partial charge in [-0.05, 0) is 6.07 Å². The summed E-state index contributed by atoms with van der Waals surface area (Å²) in [5, 5.41) is 19.4. The molecule has 0 amide bonds. The molecule has 1 heterocycles. The van der Waals surface area contributed by atoms with E-state index in [-0.39, 0.29) is 12.3 Å². The van der Waals surface area contributed by atoms with Crippen LogP contribution in [0.1, 0.15) is 0 Å². The van der Waals surface area contributed by atoms with Crippen LogP contribution in [0.4, 0.5) is 20.2 Å². The van der Waals surface area contributed by atoms with Crippen LogP contribution >= 0.6 is 0 Å². The molecule has 0 spiro atoms. The van der Waals surface area contributed by atoms with E-state index in [0.717, 1.165) is 6.07 Å². The lowest BCUT2D eigenvalue weighted by Crippen LogP contribution is -2.47. The molecule has 1 aromatic rings. The maximum atomic E-state index is 13.9. The first-order valence-electron chi connectivity index (χ1n) is 6.25. The zero-order chi connectivity index (χ0) is 14.7. The smallest absolute Gasteiger partial charge is 0.308 e. The van der Waals surface area contributed by atoms with Crippen LogP contribution in [-0.2, 0) is 0 Å². The second kappa shape index (κ2) is 6.10. The highest BCUT2D eigenvalue weighted by Crippen LogP contribution is 2.28. The topological polar surface area (TPSA) is 69.9 Å². The molecule has 2 rings (SSSR count). The van der Waals surface area contributed by atoms with Crippen LogP contribution in [-0.4, -0.2) is 54.3 Å². The van der Waals surface area contributed by atoms with Gasteiger partial charge in [-0.25, -0.2) is 4.39 Å². The van der Waals surface area contributed by atoms with Gasteiger partial charge in [-0.1, -0.05) is 0 Å². The normalized spacial score (nSPS) is 16.4. The fourth-order valence-electron chi connectivity index (χ4n) is 2.27. The van der Waals surface area contributed by atoms with Gasteiger partial charge in [0.15, 0.2) is 5.82 Å². The van der Waals surface area contributed by atoms with Crippen LogP contribution in [0.5, 0.6) is 0 Å². The summed E-state index contributed by atoms with van der Waals surface area (Å²) in [6, 6.07) is 2.21. The zero-order valence-corrected chi connectivity index (χ0v) is 10.8. The number of nitrogens with zero attached hydrogens (tertiary/aromatic N) is 3. The van der Waals surface area contributed by atoms with E-state index in [1.165, 1.54) is 6.07 Å². The molecule has 1 aliphatic rings. The number of nitro benzene ring substituents is 1. The maximum Gasteiger partial charge on any atom is 0.308 e. The van der Waals surface area contributed by atoms with E-state index in [1.54, 1.807) is 4.90 Å². The van der Waals surface area contributed by atoms with Crippen LogP contribution in [0, 0.1) is 21.7 Å². The Morgan fingerprint density at radius 2 is 1.85 bits per heavy atom. The summed E-state index contributed by atoms with van der Waals surface area (Å²) in [7, 11) is 0. The molecule has 6 nitrogen and oxygen atoms in total. The fourth-order valence-corrected chi connectivity index (χ4v) is 2.27. The molecule has 1 saturated heterocycles. The summed E-state index contributed by atoms with van der Waals surface area (Å²) in [5.41, 5.74) is -0.818. The lowest BCUT2D eigenvalue weighted by molar-refractivity contribution is -0.387. The first-order chi connectivity index (χ1) is 9.54. The standard InChI is InChI=1S/C12H15F2N3O3/c13-11-9(1-2-10(12(11)14)17(19)20)16-5-3-15(4-6-16)7-8-18/h1-2,18H,3-8H2. The Morgan fingerprint density at radius 1 is 1.20 bits per heavy atom. The highest BCUT2D eigenvalue weighted by molar-refractivity contribution is 5.53. The summed E-state index contributed by atoms with van der Waals surface area (Å²) in [6.45, 7) is 2.81. The van der Waals surface area contributed by atoms with Crippen molar-refractivity contribution in [2.45, 2.75) is 0 Å². The Kier molecular flexibility index (Phi) is 4.46. The Balaban J connectivity index is 2.15. The highest BCUT2D eigenvalue weighted by atomic mass is 19.2. The van der Waals surface area contributed by atoms with Crippen molar-refractivity contribution in [2.24, 2.45) is 0 Å². The number of β-amino-alcohol motifs (C(OH)–C–C–N with tert-alkyl or cyclic N) is 1. The second-order valence-electron chi connectivity index (χ2n) is 4.54. The van der Waals surface area contributed by atoms with Gasteiger partial charge in [-0.2, -0.15) is 4.39 Å². The first kappa shape index (κ1) is 14.6. The van der Waals surface area contributed by atoms with E-state index in [1.807, 2.05) is 4.90 Å². The largest absolute Gasteiger partial charge is 0.395 e. The van der Waals surface area contributed by atoms with Gasteiger partial charge >= 0.3 is 5.69 Å². The molecular weight excluding hydrogens is 272 g/mol. The second-order valence-corrected chi connectivity index (χ2v) is 4.54. The van der Waals surface area contributed by atoms with Crippen molar-refractivity contribution >= 4 is 11.4 Å². The minimum absolute atomic E-state index is 0.0387. The number of rotatable bonds is 4. The van der Waals surface area contributed by atoms with Crippen molar-refractivity contribution in [3.05, 3.63) is 33.9 Å². The lowest BCUT2D eigenvalue weighted by Gasteiger charge is -2.35. The van der Waals surface area contributed by atoms with Gasteiger partial charge in [0.2, 0.25) is 5.82 Å². The molecule has 8 heteroatoms. The Labute approximate surface area is 114 Å². The average molecular weight is 287 g/mol. The van der Waals surface area contributed by atoms with Crippen molar-refractivity contribution in [3.8, 4) is 0 Å². The van der Waals surface area contributed by atoms with Crippen LogP contribution in [0.15, 0.2) is 12.1 Å². The van der Waals surface area contributed by atoms with Gasteiger partial charge in [-0.3, -0.25) is 15.0 Å². The molecule has 0 aliphatic carbocycles. The molecule has 1 aliphatic heterocycles. The number of benzene rings is 1. The number of piperazine rings is 1. The minimum atomic E-state index is -1.43. The van der Waals surface area contributed by atoms with Crippen LogP contribution in [0.2, 0.25) is 0 Å². The van der Waals surface area contributed by atoms with E-state index in [4.69, 9.17) is 5.11 Å². The van der Waals surface area contributed by atoms with Gasteiger partial charge < -0.3 is 10.0 Å². The van der Waals surface area contributed by atoms with Gasteiger partial charge in [0.05, 0.1) is 17.2 Å². The van der Waals surface area contributed by atoms with Crippen LogP contribution in [0.3, 0.4) is 0 Å². The predicted molar refractivity (Wildman–Crippen MR) is 68.8 cm³/mol. The molecule has 0 atom stereocenters. The number of halogens is 2. The molecule has 0 radical (unpaired) electrons. The van der Waals surface area contributed by atoms with E-state index in [0.29, 0.717) is 32.7 Å². The third kappa shape index (κ3) is 2.86. The molecule has 1 fully saturated rings. The summed E-state index contributed by atoms with van der Waals surface area (Å²) >= 11 is 0. The highest BCUT2D eigenvalue weighted by Gasteiger charge is 2.25. The Bertz CT molecular complexity index is 505. The molecule has 1 aromatic carbocycles. The number of aliphatic hydroxyl groups excluding tert-OH is 1.